The summed E-state index contributed by atoms with van der Waals surface area (Å²) in [5.41, 5.74) is 1.40. The molecule has 0 radical (unpaired) electrons. The molecular formula is C23H21NO5. The predicted octanol–water partition coefficient (Wildman–Crippen LogP) is 4.29. The molecule has 29 heavy (non-hydrogen) atoms. The smallest absolute Gasteiger partial charge is 0.412 e. The van der Waals surface area contributed by atoms with Gasteiger partial charge in [0.25, 0.3) is 0 Å². The minimum absolute atomic E-state index is 0.0563. The maximum Gasteiger partial charge on any atom is 0.412 e. The van der Waals surface area contributed by atoms with Crippen molar-refractivity contribution in [1.29, 1.82) is 0 Å². The van der Waals surface area contributed by atoms with E-state index in [1.165, 1.54) is 13.2 Å². The van der Waals surface area contributed by atoms with Crippen molar-refractivity contribution in [2.45, 2.75) is 6.61 Å². The number of methoxy groups -OCH3 is 2. The van der Waals surface area contributed by atoms with Gasteiger partial charge in [-0.3, -0.25) is 5.32 Å². The van der Waals surface area contributed by atoms with Gasteiger partial charge in [0.05, 0.1) is 14.2 Å². The van der Waals surface area contributed by atoms with Crippen LogP contribution in [-0.4, -0.2) is 26.3 Å². The van der Waals surface area contributed by atoms with Crippen LogP contribution in [0.4, 0.5) is 4.79 Å². The zero-order chi connectivity index (χ0) is 20.6. The summed E-state index contributed by atoms with van der Waals surface area (Å²) < 4.78 is 15.5. The summed E-state index contributed by atoms with van der Waals surface area (Å²) >= 11 is 0. The van der Waals surface area contributed by atoms with E-state index in [-0.39, 0.29) is 12.3 Å². The molecule has 1 N–H and O–H groups in total. The van der Waals surface area contributed by atoms with Crippen LogP contribution in [0, 0.1) is 0 Å². The van der Waals surface area contributed by atoms with Crippen molar-refractivity contribution >= 4 is 28.9 Å². The van der Waals surface area contributed by atoms with Crippen LogP contribution in [0.25, 0.3) is 16.8 Å². The van der Waals surface area contributed by atoms with E-state index in [0.29, 0.717) is 11.3 Å². The van der Waals surface area contributed by atoms with E-state index in [2.05, 4.69) is 5.32 Å². The van der Waals surface area contributed by atoms with Crippen molar-refractivity contribution in [3.8, 4) is 5.75 Å². The average Bonchev–Trinajstić information content (AvgIpc) is 2.77. The highest BCUT2D eigenvalue weighted by molar-refractivity contribution is 5.99. The molecule has 0 aromatic heterocycles. The molecule has 0 atom stereocenters. The minimum atomic E-state index is -0.759. The Balaban J connectivity index is 1.85. The van der Waals surface area contributed by atoms with Gasteiger partial charge in [-0.1, -0.05) is 66.7 Å². The molecule has 0 aliphatic heterocycles. The van der Waals surface area contributed by atoms with Crippen LogP contribution in [0.3, 0.4) is 0 Å². The molecule has 3 rings (SSSR count). The molecule has 0 heterocycles. The SMILES string of the molecule is COC(=O)/C(=C/c1ccc2ccccc2c1OC)NC(=O)OCc1ccccc1. The first-order valence-electron chi connectivity index (χ1n) is 8.96. The summed E-state index contributed by atoms with van der Waals surface area (Å²) in [5, 5.41) is 4.34. The van der Waals surface area contributed by atoms with Gasteiger partial charge >= 0.3 is 12.1 Å². The molecule has 0 bridgehead atoms. The largest absolute Gasteiger partial charge is 0.495 e. The number of fused-ring (bicyclic) bond motifs is 1. The van der Waals surface area contributed by atoms with Crippen molar-refractivity contribution in [3.05, 3.63) is 83.6 Å². The molecule has 0 unspecified atom stereocenters. The highest BCUT2D eigenvalue weighted by Crippen LogP contribution is 2.31. The van der Waals surface area contributed by atoms with E-state index >= 15 is 0 Å². The van der Waals surface area contributed by atoms with Crippen molar-refractivity contribution in [1.82, 2.24) is 5.32 Å². The second-order valence-corrected chi connectivity index (χ2v) is 6.15. The Morgan fingerprint density at radius 2 is 1.66 bits per heavy atom. The summed E-state index contributed by atoms with van der Waals surface area (Å²) in [4.78, 5) is 24.4. The number of benzene rings is 3. The molecular weight excluding hydrogens is 370 g/mol. The zero-order valence-corrected chi connectivity index (χ0v) is 16.2. The summed E-state index contributed by atoms with van der Waals surface area (Å²) in [5.74, 6) is -0.110. The van der Waals surface area contributed by atoms with Crippen LogP contribution >= 0.6 is 0 Å². The van der Waals surface area contributed by atoms with Crippen molar-refractivity contribution < 1.29 is 23.8 Å². The number of carbonyl (C=O) groups is 2. The van der Waals surface area contributed by atoms with Gasteiger partial charge in [-0.2, -0.15) is 0 Å². The van der Waals surface area contributed by atoms with E-state index in [1.807, 2.05) is 60.7 Å². The first kappa shape index (κ1) is 19.9. The summed E-state index contributed by atoms with van der Waals surface area (Å²) in [7, 11) is 2.79. The quantitative estimate of drug-likeness (QED) is 0.501. The van der Waals surface area contributed by atoms with Gasteiger partial charge in [-0.05, 0) is 17.0 Å². The molecule has 6 heteroatoms. The molecule has 3 aromatic rings. The molecule has 0 aliphatic rings. The molecule has 6 nitrogen and oxygen atoms in total. The Hall–Kier alpha value is -3.80. The second kappa shape index (κ2) is 9.41. The van der Waals surface area contributed by atoms with Gasteiger partial charge in [0.1, 0.15) is 18.1 Å². The van der Waals surface area contributed by atoms with Gasteiger partial charge < -0.3 is 14.2 Å². The molecule has 3 aromatic carbocycles. The predicted molar refractivity (Wildman–Crippen MR) is 110 cm³/mol. The third-order valence-corrected chi connectivity index (χ3v) is 4.27. The van der Waals surface area contributed by atoms with Crippen LogP contribution in [-0.2, 0) is 20.9 Å². The fourth-order valence-corrected chi connectivity index (χ4v) is 2.88. The lowest BCUT2D eigenvalue weighted by Gasteiger charge is -2.12. The molecule has 0 saturated heterocycles. The number of esters is 1. The summed E-state index contributed by atoms with van der Waals surface area (Å²) in [6, 6.07) is 20.7. The fraction of sp³-hybridized carbons (Fsp3) is 0.130. The van der Waals surface area contributed by atoms with E-state index < -0.39 is 12.1 Å². The van der Waals surface area contributed by atoms with Gasteiger partial charge in [-0.25, -0.2) is 9.59 Å². The normalized spacial score (nSPS) is 11.0. The van der Waals surface area contributed by atoms with E-state index in [9.17, 15) is 9.59 Å². The Kier molecular flexibility index (Phi) is 6.47. The number of amides is 1. The standard InChI is InChI=1S/C23H21NO5/c1-27-21-18(13-12-17-10-6-7-11-19(17)21)14-20(22(25)28-2)24-23(26)29-15-16-8-4-3-5-9-16/h3-14H,15H2,1-2H3,(H,24,26)/b20-14-. The Labute approximate surface area is 168 Å². The first-order chi connectivity index (χ1) is 14.1. The minimum Gasteiger partial charge on any atom is -0.495 e. The Morgan fingerprint density at radius 1 is 0.931 bits per heavy atom. The van der Waals surface area contributed by atoms with Crippen molar-refractivity contribution in [2.75, 3.05) is 14.2 Å². The van der Waals surface area contributed by atoms with E-state index in [1.54, 1.807) is 13.2 Å². The van der Waals surface area contributed by atoms with Gasteiger partial charge in [-0.15, -0.1) is 0 Å². The topological polar surface area (TPSA) is 73.9 Å². The lowest BCUT2D eigenvalue weighted by molar-refractivity contribution is -0.136. The number of hydrogen-bond donors (Lipinski definition) is 1. The van der Waals surface area contributed by atoms with Gasteiger partial charge in [0.2, 0.25) is 0 Å². The zero-order valence-electron chi connectivity index (χ0n) is 16.2. The van der Waals surface area contributed by atoms with Crippen molar-refractivity contribution in [2.24, 2.45) is 0 Å². The Bertz CT molecular complexity index is 1040. The van der Waals surface area contributed by atoms with E-state index in [4.69, 9.17) is 14.2 Å². The number of rotatable bonds is 6. The number of nitrogens with one attached hydrogen (secondary N) is 1. The summed E-state index contributed by atoms with van der Waals surface area (Å²) in [6.45, 7) is 0.0838. The van der Waals surface area contributed by atoms with Crippen LogP contribution in [0.5, 0.6) is 5.75 Å². The number of hydrogen-bond acceptors (Lipinski definition) is 5. The first-order valence-corrected chi connectivity index (χ1v) is 8.96. The van der Waals surface area contributed by atoms with Gasteiger partial charge in [0, 0.05) is 10.9 Å². The fourth-order valence-electron chi connectivity index (χ4n) is 2.88. The van der Waals surface area contributed by atoms with Gasteiger partial charge in [0.15, 0.2) is 0 Å². The molecule has 0 spiro atoms. The number of ether oxygens (including phenoxy) is 3. The number of carbonyl (C=O) groups excluding carboxylic acids is 2. The molecule has 0 saturated carbocycles. The molecule has 148 valence electrons. The third-order valence-electron chi connectivity index (χ3n) is 4.27. The van der Waals surface area contributed by atoms with Crippen LogP contribution in [0.1, 0.15) is 11.1 Å². The molecule has 0 fully saturated rings. The lowest BCUT2D eigenvalue weighted by Crippen LogP contribution is -2.28. The van der Waals surface area contributed by atoms with Crippen LogP contribution in [0.2, 0.25) is 0 Å². The lowest BCUT2D eigenvalue weighted by atomic mass is 10.0. The third kappa shape index (κ3) is 4.93. The second-order valence-electron chi connectivity index (χ2n) is 6.15. The molecule has 0 aliphatic carbocycles. The average molecular weight is 391 g/mol. The highest BCUT2D eigenvalue weighted by Gasteiger charge is 2.16. The molecule has 1 amide bonds. The Morgan fingerprint density at radius 3 is 2.38 bits per heavy atom. The highest BCUT2D eigenvalue weighted by atomic mass is 16.6. The maximum atomic E-state index is 12.2. The maximum absolute atomic E-state index is 12.2. The monoisotopic (exact) mass is 391 g/mol. The summed E-state index contributed by atoms with van der Waals surface area (Å²) in [6.07, 6.45) is 0.742. The van der Waals surface area contributed by atoms with E-state index in [0.717, 1.165) is 16.3 Å². The van der Waals surface area contributed by atoms with Crippen LogP contribution < -0.4 is 10.1 Å². The number of alkyl carbamates (subject to hydrolysis) is 1. The van der Waals surface area contributed by atoms with Crippen molar-refractivity contribution in [3.63, 3.8) is 0 Å². The van der Waals surface area contributed by atoms with Crippen LogP contribution in [0.15, 0.2) is 72.4 Å².